The molecule has 0 radical (unpaired) electrons. The van der Waals surface area contributed by atoms with Crippen molar-refractivity contribution in [2.75, 3.05) is 13.2 Å². The first-order valence-corrected chi connectivity index (χ1v) is 24.9. The summed E-state index contributed by atoms with van der Waals surface area (Å²) in [5.41, 5.74) is 0. The lowest BCUT2D eigenvalue weighted by Gasteiger charge is -2.41. The zero-order valence-electron chi connectivity index (χ0n) is 37.4. The van der Waals surface area contributed by atoms with Crippen molar-refractivity contribution >= 4 is 19.8 Å². The van der Waals surface area contributed by atoms with Gasteiger partial charge in [0.15, 0.2) is 6.10 Å². The molecule has 13 nitrogen and oxygen atoms in total. The van der Waals surface area contributed by atoms with Gasteiger partial charge in [0.25, 0.3) is 0 Å². The second-order valence-electron chi connectivity index (χ2n) is 16.3. The van der Waals surface area contributed by atoms with E-state index in [2.05, 4.69) is 50.3 Å². The van der Waals surface area contributed by atoms with Crippen molar-refractivity contribution in [3.05, 3.63) is 48.6 Å². The Labute approximate surface area is 367 Å². The maximum absolute atomic E-state index is 12.8. The number of hydrogen-bond acceptors (Lipinski definition) is 12. The van der Waals surface area contributed by atoms with Gasteiger partial charge in [0.05, 0.1) is 6.61 Å². The molecule has 1 aliphatic carbocycles. The Morgan fingerprint density at radius 2 is 0.902 bits per heavy atom. The predicted octanol–water partition coefficient (Wildman–Crippen LogP) is 9.17. The fourth-order valence-corrected chi connectivity index (χ4v) is 7.84. The Balaban J connectivity index is 2.50. The Morgan fingerprint density at radius 3 is 1.39 bits per heavy atom. The molecule has 0 aromatic heterocycles. The van der Waals surface area contributed by atoms with Crippen molar-refractivity contribution in [2.45, 2.75) is 224 Å². The Kier molecular flexibility index (Phi) is 34.7. The van der Waals surface area contributed by atoms with Gasteiger partial charge in [-0.05, 0) is 51.4 Å². The standard InChI is InChI=1S/C47H83O13P/c1-3-5-7-9-11-13-15-17-19-20-22-24-26-28-30-32-34-36-41(49)59-39(38-58-61(55,56)60-47-45(53)43(51)42(50)44(52)46(47)54)37-57-40(48)35-33-31-29-27-25-23-21-18-16-14-12-10-8-6-4-2/h11,13,17,19,22,24,28,30,39,42-47,50-54H,3-10,12,14-16,18,20-21,23,25-27,29,31-38H2,1-2H3,(H,55,56)/t39-,42?,43-,44+,45+,46+,47?/m1/s1. The first-order valence-electron chi connectivity index (χ1n) is 23.4. The van der Waals surface area contributed by atoms with Gasteiger partial charge >= 0.3 is 19.8 Å². The third-order valence-electron chi connectivity index (χ3n) is 10.7. The fraction of sp³-hybridized carbons (Fsp3) is 0.787. The van der Waals surface area contributed by atoms with Crippen LogP contribution in [0.2, 0.25) is 0 Å². The van der Waals surface area contributed by atoms with Crippen LogP contribution in [0.5, 0.6) is 0 Å². The summed E-state index contributed by atoms with van der Waals surface area (Å²) < 4.78 is 33.5. The van der Waals surface area contributed by atoms with Gasteiger partial charge in [0, 0.05) is 12.8 Å². The van der Waals surface area contributed by atoms with E-state index in [-0.39, 0.29) is 12.8 Å². The minimum atomic E-state index is -5.13. The number of carbonyl (C=O) groups excluding carboxylic acids is 2. The van der Waals surface area contributed by atoms with E-state index >= 15 is 0 Å². The average molecular weight is 887 g/mol. The van der Waals surface area contributed by atoms with Crippen LogP contribution in [0.25, 0.3) is 0 Å². The lowest BCUT2D eigenvalue weighted by molar-refractivity contribution is -0.220. The zero-order valence-corrected chi connectivity index (χ0v) is 38.3. The number of esters is 2. The molecular formula is C47H83O13P. The number of phosphoric acid groups is 1. The monoisotopic (exact) mass is 887 g/mol. The first kappa shape index (κ1) is 56.8. The van der Waals surface area contributed by atoms with Gasteiger partial charge in [-0.3, -0.25) is 18.6 Å². The molecule has 6 N–H and O–H groups in total. The Hall–Kier alpha value is -2.19. The highest BCUT2D eigenvalue weighted by Crippen LogP contribution is 2.47. The molecule has 0 heterocycles. The molecule has 0 amide bonds. The van der Waals surface area contributed by atoms with E-state index in [9.17, 15) is 44.6 Å². The SMILES string of the molecule is CCCCCC=CCC=CCC=CCC=CCCCC(=O)O[C@H](COC(=O)CCCCCCCCCCCCCCCCC)COP(=O)(O)OC1[C@@H](O)[C@H](O)C(O)[C@H](O)[C@@H]1O. The maximum atomic E-state index is 12.8. The van der Waals surface area contributed by atoms with Crippen LogP contribution >= 0.6 is 7.82 Å². The quantitative estimate of drug-likeness (QED) is 0.0148. The molecular weight excluding hydrogens is 803 g/mol. The van der Waals surface area contributed by atoms with Crippen LogP contribution < -0.4 is 0 Å². The summed E-state index contributed by atoms with van der Waals surface area (Å²) >= 11 is 0. The number of carbonyl (C=O) groups is 2. The molecule has 1 fully saturated rings. The lowest BCUT2D eigenvalue weighted by Crippen LogP contribution is -2.64. The van der Waals surface area contributed by atoms with Gasteiger partial charge in [-0.15, -0.1) is 0 Å². The van der Waals surface area contributed by atoms with Gasteiger partial charge in [-0.2, -0.15) is 0 Å². The van der Waals surface area contributed by atoms with E-state index in [0.29, 0.717) is 19.3 Å². The normalized spacial score (nSPS) is 22.4. The molecule has 0 aromatic rings. The number of aliphatic hydroxyl groups excluding tert-OH is 5. The topological polar surface area (TPSA) is 210 Å². The molecule has 8 atom stereocenters. The van der Waals surface area contributed by atoms with Gasteiger partial charge in [0.2, 0.25) is 0 Å². The summed E-state index contributed by atoms with van der Waals surface area (Å²) in [7, 11) is -5.13. The van der Waals surface area contributed by atoms with Crippen molar-refractivity contribution in [1.29, 1.82) is 0 Å². The van der Waals surface area contributed by atoms with Gasteiger partial charge < -0.3 is 39.9 Å². The summed E-state index contributed by atoms with van der Waals surface area (Å²) in [6, 6.07) is 0. The third kappa shape index (κ3) is 29.7. The van der Waals surface area contributed by atoms with Gasteiger partial charge in [0.1, 0.15) is 43.2 Å². The summed E-state index contributed by atoms with van der Waals surface area (Å²) in [5.74, 6) is -1.16. The van der Waals surface area contributed by atoms with Crippen molar-refractivity contribution < 1.29 is 63.1 Å². The smallest absolute Gasteiger partial charge is 0.462 e. The molecule has 0 aromatic carbocycles. The van der Waals surface area contributed by atoms with Crippen LogP contribution in [0.4, 0.5) is 0 Å². The van der Waals surface area contributed by atoms with E-state index in [1.165, 1.54) is 89.9 Å². The van der Waals surface area contributed by atoms with E-state index in [1.807, 2.05) is 12.2 Å². The molecule has 0 bridgehead atoms. The second kappa shape index (κ2) is 37.2. The van der Waals surface area contributed by atoms with Crippen molar-refractivity contribution in [3.63, 3.8) is 0 Å². The number of allylic oxidation sites excluding steroid dienone is 8. The molecule has 354 valence electrons. The van der Waals surface area contributed by atoms with Crippen LogP contribution in [0.3, 0.4) is 0 Å². The number of rotatable bonds is 38. The second-order valence-corrected chi connectivity index (χ2v) is 17.7. The molecule has 1 saturated carbocycles. The molecule has 3 unspecified atom stereocenters. The summed E-state index contributed by atoms with van der Waals surface area (Å²) in [6.45, 7) is 3.23. The van der Waals surface area contributed by atoms with E-state index < -0.39 is 75.7 Å². The summed E-state index contributed by atoms with van der Waals surface area (Å²) in [4.78, 5) is 35.7. The maximum Gasteiger partial charge on any atom is 0.472 e. The van der Waals surface area contributed by atoms with Crippen molar-refractivity contribution in [1.82, 2.24) is 0 Å². The molecule has 1 aliphatic rings. The lowest BCUT2D eigenvalue weighted by atomic mass is 9.85. The van der Waals surface area contributed by atoms with E-state index in [4.69, 9.17) is 18.5 Å². The number of aliphatic hydroxyl groups is 5. The highest BCUT2D eigenvalue weighted by Gasteiger charge is 2.51. The Bertz CT molecular complexity index is 1250. The van der Waals surface area contributed by atoms with Crippen LogP contribution in [0.1, 0.15) is 181 Å². The predicted molar refractivity (Wildman–Crippen MR) is 239 cm³/mol. The summed E-state index contributed by atoms with van der Waals surface area (Å²) in [5, 5.41) is 50.1. The van der Waals surface area contributed by atoms with Gasteiger partial charge in [-0.1, -0.05) is 165 Å². The molecule has 0 aliphatic heterocycles. The minimum absolute atomic E-state index is 0.0213. The summed E-state index contributed by atoms with van der Waals surface area (Å²) in [6.07, 6.45) is 30.3. The molecule has 0 saturated heterocycles. The molecule has 1 rings (SSSR count). The van der Waals surface area contributed by atoms with Crippen LogP contribution in [0, 0.1) is 0 Å². The zero-order chi connectivity index (χ0) is 45.0. The number of phosphoric ester groups is 1. The van der Waals surface area contributed by atoms with Crippen LogP contribution in [-0.4, -0.2) is 98.3 Å². The molecule has 61 heavy (non-hydrogen) atoms. The highest BCUT2D eigenvalue weighted by atomic mass is 31.2. The van der Waals surface area contributed by atoms with Gasteiger partial charge in [-0.25, -0.2) is 4.57 Å². The van der Waals surface area contributed by atoms with Crippen LogP contribution in [0.15, 0.2) is 48.6 Å². The van der Waals surface area contributed by atoms with E-state index in [0.717, 1.165) is 44.9 Å². The largest absolute Gasteiger partial charge is 0.472 e. The van der Waals surface area contributed by atoms with E-state index in [1.54, 1.807) is 0 Å². The Morgan fingerprint density at radius 1 is 0.508 bits per heavy atom. The number of unbranched alkanes of at least 4 members (excludes halogenated alkanes) is 18. The fourth-order valence-electron chi connectivity index (χ4n) is 6.87. The van der Waals surface area contributed by atoms with Crippen molar-refractivity contribution in [2.24, 2.45) is 0 Å². The van der Waals surface area contributed by atoms with Crippen LogP contribution in [-0.2, 0) is 32.7 Å². The molecule has 14 heteroatoms. The third-order valence-corrected chi connectivity index (χ3v) is 11.7. The number of ether oxygens (including phenoxy) is 2. The first-order chi connectivity index (χ1) is 29.4. The highest BCUT2D eigenvalue weighted by molar-refractivity contribution is 7.47. The molecule has 0 spiro atoms. The average Bonchev–Trinajstić information content (AvgIpc) is 3.24. The van der Waals surface area contributed by atoms with Crippen molar-refractivity contribution in [3.8, 4) is 0 Å². The number of hydrogen-bond donors (Lipinski definition) is 6. The minimum Gasteiger partial charge on any atom is -0.462 e.